The van der Waals surface area contributed by atoms with Gasteiger partial charge in [0, 0.05) is 6.54 Å². The molecule has 0 unspecified atom stereocenters. The van der Waals surface area contributed by atoms with E-state index in [4.69, 9.17) is 4.74 Å². The van der Waals surface area contributed by atoms with Crippen LogP contribution >= 0.6 is 0 Å². The molecule has 0 aliphatic carbocycles. The molecule has 0 atom stereocenters. The minimum Gasteiger partial charge on any atom is -0.439 e. The summed E-state index contributed by atoms with van der Waals surface area (Å²) in [5.41, 5.74) is 1.46. The summed E-state index contributed by atoms with van der Waals surface area (Å²) in [6.45, 7) is 6.50. The van der Waals surface area contributed by atoms with Crippen LogP contribution in [-0.4, -0.2) is 16.5 Å². The standard InChI is InChI=1S/C15H18FN3O/c1-4-12-14(17-5-2)18-9-19-15(12)20-11-6-7-13(16)10(3)8-11/h6-9H,4-5H2,1-3H3,(H,17,18,19). The number of halogens is 1. The lowest BCUT2D eigenvalue weighted by molar-refractivity contribution is 0.453. The normalized spacial score (nSPS) is 10.4. The van der Waals surface area contributed by atoms with Gasteiger partial charge in [-0.05, 0) is 44.0 Å². The van der Waals surface area contributed by atoms with Gasteiger partial charge in [0.2, 0.25) is 5.88 Å². The molecule has 0 saturated carbocycles. The Bertz CT molecular complexity index is 602. The zero-order valence-electron chi connectivity index (χ0n) is 11.9. The summed E-state index contributed by atoms with van der Waals surface area (Å²) in [6.07, 6.45) is 2.21. The summed E-state index contributed by atoms with van der Waals surface area (Å²) in [4.78, 5) is 8.38. The van der Waals surface area contributed by atoms with Crippen LogP contribution in [0.3, 0.4) is 0 Å². The van der Waals surface area contributed by atoms with E-state index >= 15 is 0 Å². The summed E-state index contributed by atoms with van der Waals surface area (Å²) in [5.74, 6) is 1.60. The van der Waals surface area contributed by atoms with Gasteiger partial charge in [-0.2, -0.15) is 0 Å². The van der Waals surface area contributed by atoms with Crippen LogP contribution < -0.4 is 10.1 Å². The highest BCUT2D eigenvalue weighted by molar-refractivity contribution is 5.49. The second kappa shape index (κ2) is 6.32. The Labute approximate surface area is 118 Å². The van der Waals surface area contributed by atoms with Crippen molar-refractivity contribution in [1.29, 1.82) is 0 Å². The van der Waals surface area contributed by atoms with Crippen molar-refractivity contribution in [3.63, 3.8) is 0 Å². The predicted octanol–water partition coefficient (Wildman–Crippen LogP) is 3.71. The Morgan fingerprint density at radius 3 is 2.70 bits per heavy atom. The lowest BCUT2D eigenvalue weighted by Gasteiger charge is -2.13. The Morgan fingerprint density at radius 2 is 2.05 bits per heavy atom. The van der Waals surface area contributed by atoms with E-state index in [0.717, 1.165) is 24.3 Å². The highest BCUT2D eigenvalue weighted by atomic mass is 19.1. The molecule has 2 rings (SSSR count). The van der Waals surface area contributed by atoms with Gasteiger partial charge in [0.05, 0.1) is 5.56 Å². The Morgan fingerprint density at radius 1 is 1.25 bits per heavy atom. The predicted molar refractivity (Wildman–Crippen MR) is 76.8 cm³/mol. The van der Waals surface area contributed by atoms with Gasteiger partial charge in [0.15, 0.2) is 0 Å². The fourth-order valence-corrected chi connectivity index (χ4v) is 1.91. The molecule has 20 heavy (non-hydrogen) atoms. The number of ether oxygens (including phenoxy) is 1. The lowest BCUT2D eigenvalue weighted by Crippen LogP contribution is -2.05. The van der Waals surface area contributed by atoms with Crippen LogP contribution in [0, 0.1) is 12.7 Å². The maximum atomic E-state index is 13.3. The van der Waals surface area contributed by atoms with Gasteiger partial charge < -0.3 is 10.1 Å². The third-order valence-corrected chi connectivity index (χ3v) is 2.95. The van der Waals surface area contributed by atoms with Crippen molar-refractivity contribution in [3.05, 3.63) is 41.5 Å². The Hall–Kier alpha value is -2.17. The zero-order valence-corrected chi connectivity index (χ0v) is 11.9. The van der Waals surface area contributed by atoms with Crippen molar-refractivity contribution in [2.75, 3.05) is 11.9 Å². The zero-order chi connectivity index (χ0) is 14.5. The molecule has 1 N–H and O–H groups in total. The fraction of sp³-hybridized carbons (Fsp3) is 0.333. The van der Waals surface area contributed by atoms with E-state index in [1.165, 1.54) is 12.4 Å². The van der Waals surface area contributed by atoms with Crippen LogP contribution in [0.25, 0.3) is 0 Å². The highest BCUT2D eigenvalue weighted by Crippen LogP contribution is 2.28. The summed E-state index contributed by atoms with van der Waals surface area (Å²) in [7, 11) is 0. The number of nitrogens with zero attached hydrogens (tertiary/aromatic N) is 2. The maximum Gasteiger partial charge on any atom is 0.227 e. The number of anilines is 1. The first-order valence-corrected chi connectivity index (χ1v) is 6.67. The molecule has 2 aromatic rings. The molecule has 1 heterocycles. The van der Waals surface area contributed by atoms with Crippen LogP contribution in [0.5, 0.6) is 11.6 Å². The molecule has 106 valence electrons. The Balaban J connectivity index is 2.32. The lowest BCUT2D eigenvalue weighted by atomic mass is 10.2. The van der Waals surface area contributed by atoms with Gasteiger partial charge in [-0.3, -0.25) is 0 Å². The van der Waals surface area contributed by atoms with Gasteiger partial charge in [0.25, 0.3) is 0 Å². The second-order valence-electron chi connectivity index (χ2n) is 4.40. The number of rotatable bonds is 5. The van der Waals surface area contributed by atoms with Crippen LogP contribution in [0.2, 0.25) is 0 Å². The number of hydrogen-bond acceptors (Lipinski definition) is 4. The van der Waals surface area contributed by atoms with Crippen LogP contribution in [-0.2, 0) is 6.42 Å². The SMILES string of the molecule is CCNc1ncnc(Oc2ccc(F)c(C)c2)c1CC. The van der Waals surface area contributed by atoms with Crippen molar-refractivity contribution >= 4 is 5.82 Å². The number of aryl methyl sites for hydroxylation is 1. The molecule has 1 aromatic carbocycles. The molecular weight excluding hydrogens is 257 g/mol. The number of hydrogen-bond donors (Lipinski definition) is 1. The van der Waals surface area contributed by atoms with Gasteiger partial charge in [-0.25, -0.2) is 14.4 Å². The van der Waals surface area contributed by atoms with Gasteiger partial charge in [-0.15, -0.1) is 0 Å². The summed E-state index contributed by atoms with van der Waals surface area (Å²) < 4.78 is 19.0. The molecule has 0 amide bonds. The molecule has 0 saturated heterocycles. The molecule has 0 spiro atoms. The van der Waals surface area contributed by atoms with Crippen LogP contribution in [0.1, 0.15) is 25.0 Å². The number of nitrogens with one attached hydrogen (secondary N) is 1. The topological polar surface area (TPSA) is 47.0 Å². The minimum absolute atomic E-state index is 0.246. The van der Waals surface area contributed by atoms with Crippen molar-refractivity contribution < 1.29 is 9.13 Å². The summed E-state index contributed by atoms with van der Waals surface area (Å²) >= 11 is 0. The molecule has 1 aromatic heterocycles. The first-order valence-electron chi connectivity index (χ1n) is 6.67. The average molecular weight is 275 g/mol. The monoisotopic (exact) mass is 275 g/mol. The van der Waals surface area contributed by atoms with Crippen molar-refractivity contribution in [3.8, 4) is 11.6 Å². The van der Waals surface area contributed by atoms with E-state index in [2.05, 4.69) is 15.3 Å². The Kier molecular flexibility index (Phi) is 4.50. The molecule has 4 nitrogen and oxygen atoms in total. The largest absolute Gasteiger partial charge is 0.439 e. The quantitative estimate of drug-likeness (QED) is 0.903. The molecule has 0 fully saturated rings. The highest BCUT2D eigenvalue weighted by Gasteiger charge is 2.11. The van der Waals surface area contributed by atoms with E-state index in [0.29, 0.717) is 17.2 Å². The smallest absolute Gasteiger partial charge is 0.227 e. The van der Waals surface area contributed by atoms with E-state index < -0.39 is 0 Å². The number of benzene rings is 1. The van der Waals surface area contributed by atoms with E-state index in [9.17, 15) is 4.39 Å². The third kappa shape index (κ3) is 3.04. The van der Waals surface area contributed by atoms with Gasteiger partial charge in [0.1, 0.15) is 23.7 Å². The summed E-state index contributed by atoms with van der Waals surface area (Å²) in [5, 5.41) is 3.18. The fourth-order valence-electron chi connectivity index (χ4n) is 1.91. The van der Waals surface area contributed by atoms with E-state index in [1.54, 1.807) is 19.1 Å². The van der Waals surface area contributed by atoms with Gasteiger partial charge >= 0.3 is 0 Å². The maximum absolute atomic E-state index is 13.3. The number of aromatic nitrogens is 2. The first kappa shape index (κ1) is 14.2. The van der Waals surface area contributed by atoms with E-state index in [-0.39, 0.29) is 5.82 Å². The third-order valence-electron chi connectivity index (χ3n) is 2.95. The van der Waals surface area contributed by atoms with Crippen molar-refractivity contribution in [1.82, 2.24) is 9.97 Å². The van der Waals surface area contributed by atoms with Gasteiger partial charge in [-0.1, -0.05) is 6.92 Å². The van der Waals surface area contributed by atoms with Crippen LogP contribution in [0.15, 0.2) is 24.5 Å². The molecule has 0 radical (unpaired) electrons. The minimum atomic E-state index is -0.246. The molecular formula is C15H18FN3O. The first-order chi connectivity index (χ1) is 9.65. The average Bonchev–Trinajstić information content (AvgIpc) is 2.44. The molecule has 0 aliphatic rings. The molecule has 0 aliphatic heterocycles. The molecule has 0 bridgehead atoms. The van der Waals surface area contributed by atoms with Crippen LogP contribution in [0.4, 0.5) is 10.2 Å². The van der Waals surface area contributed by atoms with Crippen molar-refractivity contribution in [2.45, 2.75) is 27.2 Å². The van der Waals surface area contributed by atoms with Crippen molar-refractivity contribution in [2.24, 2.45) is 0 Å². The second-order valence-corrected chi connectivity index (χ2v) is 4.40. The van der Waals surface area contributed by atoms with E-state index in [1.807, 2.05) is 13.8 Å². The molecule has 5 heteroatoms. The summed E-state index contributed by atoms with van der Waals surface area (Å²) in [6, 6.07) is 4.64.